The molecule has 1 N–H and O–H groups in total. The lowest BCUT2D eigenvalue weighted by Gasteiger charge is -2.04. The third-order valence-corrected chi connectivity index (χ3v) is 3.32. The summed E-state index contributed by atoms with van der Waals surface area (Å²) in [6.07, 6.45) is 1.73. The second kappa shape index (κ2) is 4.10. The number of pyridine rings is 1. The van der Waals surface area contributed by atoms with Gasteiger partial charge in [-0.2, -0.15) is 0 Å². The number of phenols is 1. The Balaban J connectivity index is 2.28. The maximum absolute atomic E-state index is 9.99. The van der Waals surface area contributed by atoms with E-state index in [0.717, 1.165) is 15.6 Å². The summed E-state index contributed by atoms with van der Waals surface area (Å²) >= 11 is 3.32. The van der Waals surface area contributed by atoms with Gasteiger partial charge in [-0.1, -0.05) is 15.9 Å². The van der Waals surface area contributed by atoms with Crippen molar-refractivity contribution < 1.29 is 5.11 Å². The number of benzene rings is 1. The minimum atomic E-state index is 0.197. The normalized spacial score (nSPS) is 11.0. The second-order valence-electron chi connectivity index (χ2n) is 4.00. The van der Waals surface area contributed by atoms with E-state index in [1.54, 1.807) is 12.3 Å². The second-order valence-corrected chi connectivity index (χ2v) is 4.92. The Kier molecular flexibility index (Phi) is 2.56. The number of imidazole rings is 1. The molecule has 0 atom stereocenters. The molecule has 1 aromatic carbocycles. The van der Waals surface area contributed by atoms with Crippen LogP contribution in [0.5, 0.6) is 5.75 Å². The van der Waals surface area contributed by atoms with Gasteiger partial charge >= 0.3 is 0 Å². The van der Waals surface area contributed by atoms with Crippen LogP contribution in [0.2, 0.25) is 0 Å². The molecule has 3 aromatic rings. The van der Waals surface area contributed by atoms with Crippen LogP contribution < -0.4 is 0 Å². The van der Waals surface area contributed by atoms with E-state index >= 15 is 0 Å². The summed E-state index contributed by atoms with van der Waals surface area (Å²) in [5, 5.41) is 9.99. The molecule has 0 saturated heterocycles. The molecule has 0 spiro atoms. The van der Waals surface area contributed by atoms with E-state index in [-0.39, 0.29) is 5.75 Å². The van der Waals surface area contributed by atoms with Crippen molar-refractivity contribution in [2.24, 2.45) is 7.05 Å². The van der Waals surface area contributed by atoms with E-state index in [9.17, 15) is 5.11 Å². The van der Waals surface area contributed by atoms with Crippen LogP contribution in [0.25, 0.3) is 22.6 Å². The molecule has 5 heteroatoms. The van der Waals surface area contributed by atoms with Crippen molar-refractivity contribution in [1.82, 2.24) is 14.5 Å². The molecule has 0 saturated carbocycles. The maximum Gasteiger partial charge on any atom is 0.160 e. The molecule has 0 fully saturated rings. The van der Waals surface area contributed by atoms with Gasteiger partial charge in [0, 0.05) is 17.7 Å². The van der Waals surface area contributed by atoms with E-state index in [0.29, 0.717) is 11.4 Å². The number of hydrogen-bond acceptors (Lipinski definition) is 3. The average molecular weight is 304 g/mol. The lowest BCUT2D eigenvalue weighted by Crippen LogP contribution is -1.93. The summed E-state index contributed by atoms with van der Waals surface area (Å²) in [7, 11) is 1.89. The highest BCUT2D eigenvalue weighted by Gasteiger charge is 2.13. The van der Waals surface area contributed by atoms with Crippen LogP contribution in [-0.2, 0) is 7.05 Å². The fourth-order valence-corrected chi connectivity index (χ4v) is 2.31. The highest BCUT2D eigenvalue weighted by Crippen LogP contribution is 2.32. The van der Waals surface area contributed by atoms with E-state index in [1.165, 1.54) is 0 Å². The van der Waals surface area contributed by atoms with Crippen molar-refractivity contribution in [2.45, 2.75) is 0 Å². The van der Waals surface area contributed by atoms with E-state index in [2.05, 4.69) is 25.9 Å². The van der Waals surface area contributed by atoms with Crippen LogP contribution in [0, 0.1) is 0 Å². The zero-order valence-corrected chi connectivity index (χ0v) is 11.2. The molecule has 2 aromatic heterocycles. The summed E-state index contributed by atoms with van der Waals surface area (Å²) in [6, 6.07) is 9.12. The third kappa shape index (κ3) is 1.67. The van der Waals surface area contributed by atoms with Gasteiger partial charge in [-0.05, 0) is 30.3 Å². The van der Waals surface area contributed by atoms with Crippen molar-refractivity contribution in [3.63, 3.8) is 0 Å². The number of phenolic OH excluding ortho intramolecular Hbond substituents is 1. The predicted molar refractivity (Wildman–Crippen MR) is 73.3 cm³/mol. The summed E-state index contributed by atoms with van der Waals surface area (Å²) in [4.78, 5) is 8.78. The number of nitrogens with zero attached hydrogens (tertiary/aromatic N) is 3. The first kappa shape index (κ1) is 11.2. The number of halogens is 1. The molecular formula is C13H10BrN3O. The van der Waals surface area contributed by atoms with Gasteiger partial charge in [0.15, 0.2) is 5.65 Å². The highest BCUT2D eigenvalue weighted by atomic mass is 79.9. The highest BCUT2D eigenvalue weighted by molar-refractivity contribution is 9.10. The van der Waals surface area contributed by atoms with Gasteiger partial charge in [0.1, 0.15) is 17.1 Å². The minimum Gasteiger partial charge on any atom is -0.507 e. The van der Waals surface area contributed by atoms with Gasteiger partial charge in [-0.15, -0.1) is 0 Å². The number of fused-ring (bicyclic) bond motifs is 1. The molecule has 0 radical (unpaired) electrons. The zero-order valence-electron chi connectivity index (χ0n) is 9.63. The molecule has 0 bridgehead atoms. The third-order valence-electron chi connectivity index (χ3n) is 2.83. The number of aryl methyl sites for hydroxylation is 1. The van der Waals surface area contributed by atoms with Gasteiger partial charge in [-0.3, -0.25) is 0 Å². The Hall–Kier alpha value is -1.88. The lowest BCUT2D eigenvalue weighted by atomic mass is 10.2. The van der Waals surface area contributed by atoms with Crippen LogP contribution >= 0.6 is 15.9 Å². The lowest BCUT2D eigenvalue weighted by molar-refractivity contribution is 0.476. The van der Waals surface area contributed by atoms with Crippen LogP contribution in [0.4, 0.5) is 0 Å². The summed E-state index contributed by atoms with van der Waals surface area (Å²) in [5.41, 5.74) is 2.31. The Labute approximate surface area is 112 Å². The molecule has 0 aliphatic rings. The first-order chi connectivity index (χ1) is 8.66. The molecule has 0 unspecified atom stereocenters. The van der Waals surface area contributed by atoms with Gasteiger partial charge in [0.2, 0.25) is 0 Å². The SMILES string of the molecule is Cn1c(-c2ccc(Br)cc2O)nc2cccnc21. The number of aromatic hydroxyl groups is 1. The number of hydrogen-bond donors (Lipinski definition) is 1. The summed E-state index contributed by atoms with van der Waals surface area (Å²) in [6.45, 7) is 0. The molecule has 4 nitrogen and oxygen atoms in total. The van der Waals surface area contributed by atoms with E-state index in [4.69, 9.17) is 0 Å². The number of rotatable bonds is 1. The Bertz CT molecular complexity index is 736. The smallest absolute Gasteiger partial charge is 0.160 e. The Morgan fingerprint density at radius 2 is 2.11 bits per heavy atom. The van der Waals surface area contributed by atoms with Gasteiger partial charge in [0.05, 0.1) is 5.56 Å². The number of aromatic nitrogens is 3. The molecule has 0 aliphatic carbocycles. The molecule has 3 rings (SSSR count). The minimum absolute atomic E-state index is 0.197. The fraction of sp³-hybridized carbons (Fsp3) is 0.0769. The maximum atomic E-state index is 9.99. The Morgan fingerprint density at radius 3 is 2.83 bits per heavy atom. The van der Waals surface area contributed by atoms with Gasteiger partial charge in [0.25, 0.3) is 0 Å². The first-order valence-electron chi connectivity index (χ1n) is 5.43. The quantitative estimate of drug-likeness (QED) is 0.751. The molecule has 2 heterocycles. The zero-order chi connectivity index (χ0) is 12.7. The topological polar surface area (TPSA) is 50.9 Å². The van der Waals surface area contributed by atoms with Crippen molar-refractivity contribution >= 4 is 27.1 Å². The van der Waals surface area contributed by atoms with Crippen molar-refractivity contribution in [3.05, 3.63) is 41.0 Å². The van der Waals surface area contributed by atoms with Gasteiger partial charge < -0.3 is 9.67 Å². The average Bonchev–Trinajstić information content (AvgIpc) is 2.68. The van der Waals surface area contributed by atoms with Crippen LogP contribution in [0.15, 0.2) is 41.0 Å². The monoisotopic (exact) mass is 303 g/mol. The van der Waals surface area contributed by atoms with Crippen LogP contribution in [-0.4, -0.2) is 19.6 Å². The molecule has 90 valence electrons. The summed E-state index contributed by atoms with van der Waals surface area (Å²) < 4.78 is 2.71. The van der Waals surface area contributed by atoms with Gasteiger partial charge in [-0.25, -0.2) is 9.97 Å². The van der Waals surface area contributed by atoms with Crippen molar-refractivity contribution in [3.8, 4) is 17.1 Å². The van der Waals surface area contributed by atoms with Crippen LogP contribution in [0.3, 0.4) is 0 Å². The first-order valence-corrected chi connectivity index (χ1v) is 6.22. The molecule has 0 amide bonds. The predicted octanol–water partition coefficient (Wildman–Crippen LogP) is 3.10. The fourth-order valence-electron chi connectivity index (χ4n) is 1.96. The molecule has 0 aliphatic heterocycles. The largest absolute Gasteiger partial charge is 0.507 e. The standard InChI is InChI=1S/C13H10BrN3O/c1-17-12(9-5-4-8(14)7-11(9)18)16-10-3-2-6-15-13(10)17/h2-7,18H,1H3. The summed E-state index contributed by atoms with van der Waals surface area (Å²) in [5.74, 6) is 0.900. The van der Waals surface area contributed by atoms with Crippen LogP contribution in [0.1, 0.15) is 0 Å². The van der Waals surface area contributed by atoms with Crippen molar-refractivity contribution in [2.75, 3.05) is 0 Å². The molecular weight excluding hydrogens is 294 g/mol. The van der Waals surface area contributed by atoms with E-state index < -0.39 is 0 Å². The Morgan fingerprint density at radius 1 is 1.28 bits per heavy atom. The van der Waals surface area contributed by atoms with Crippen molar-refractivity contribution in [1.29, 1.82) is 0 Å². The molecule has 18 heavy (non-hydrogen) atoms. The van der Waals surface area contributed by atoms with E-state index in [1.807, 2.05) is 35.9 Å².